The number of hydrogen-bond donors (Lipinski definition) is 1. The van der Waals surface area contributed by atoms with Crippen LogP contribution in [0, 0.1) is 0 Å². The van der Waals surface area contributed by atoms with Gasteiger partial charge < -0.3 is 25.0 Å². The minimum Gasteiger partial charge on any atom is -0.488 e. The van der Waals surface area contributed by atoms with Gasteiger partial charge in [0.1, 0.15) is 18.0 Å². The van der Waals surface area contributed by atoms with E-state index in [4.69, 9.17) is 15.2 Å². The minimum absolute atomic E-state index is 0.103. The molecule has 0 aromatic heterocycles. The summed E-state index contributed by atoms with van der Waals surface area (Å²) in [5.41, 5.74) is 6.48. The SMILES string of the molecule is CC(C)(C)OC(=O)N1CCN(C(=O)c2cccc(COc3ccccc3C(N)=O)c2)CC1. The third-order valence-electron chi connectivity index (χ3n) is 4.94. The number of piperazine rings is 1. The smallest absolute Gasteiger partial charge is 0.410 e. The number of amides is 3. The van der Waals surface area contributed by atoms with Crippen LogP contribution >= 0.6 is 0 Å². The molecule has 1 fully saturated rings. The summed E-state index contributed by atoms with van der Waals surface area (Å²) in [5, 5.41) is 0. The van der Waals surface area contributed by atoms with Gasteiger partial charge in [0.15, 0.2) is 0 Å². The molecule has 0 radical (unpaired) electrons. The molecule has 3 rings (SSSR count). The molecule has 0 spiro atoms. The van der Waals surface area contributed by atoms with Gasteiger partial charge in [-0.2, -0.15) is 0 Å². The largest absolute Gasteiger partial charge is 0.488 e. The van der Waals surface area contributed by atoms with Crippen LogP contribution in [0.3, 0.4) is 0 Å². The standard InChI is InChI=1S/C24H29N3O5/c1-24(2,3)32-23(30)27-13-11-26(12-14-27)22(29)18-8-6-7-17(15-18)16-31-20-10-5-4-9-19(20)21(25)28/h4-10,15H,11-14,16H2,1-3H3,(H2,25,28). The molecule has 2 N–H and O–H groups in total. The summed E-state index contributed by atoms with van der Waals surface area (Å²) in [6, 6.07) is 13.9. The molecule has 8 nitrogen and oxygen atoms in total. The lowest BCUT2D eigenvalue weighted by atomic mass is 10.1. The highest BCUT2D eigenvalue weighted by Gasteiger charge is 2.28. The Balaban J connectivity index is 1.59. The average Bonchev–Trinajstić information content (AvgIpc) is 2.76. The van der Waals surface area contributed by atoms with E-state index in [1.54, 1.807) is 52.3 Å². The van der Waals surface area contributed by atoms with E-state index in [0.29, 0.717) is 43.1 Å². The van der Waals surface area contributed by atoms with Crippen molar-refractivity contribution >= 4 is 17.9 Å². The van der Waals surface area contributed by atoms with Crippen molar-refractivity contribution in [2.24, 2.45) is 5.73 Å². The molecule has 2 aromatic carbocycles. The molecule has 3 amide bonds. The van der Waals surface area contributed by atoms with Gasteiger partial charge in [-0.25, -0.2) is 4.79 Å². The summed E-state index contributed by atoms with van der Waals surface area (Å²) >= 11 is 0. The van der Waals surface area contributed by atoms with Crippen LogP contribution in [0.1, 0.15) is 47.1 Å². The number of hydrogen-bond acceptors (Lipinski definition) is 5. The molecule has 0 saturated carbocycles. The van der Waals surface area contributed by atoms with Crippen LogP contribution in [0.25, 0.3) is 0 Å². The van der Waals surface area contributed by atoms with Crippen LogP contribution in [0.5, 0.6) is 5.75 Å². The van der Waals surface area contributed by atoms with E-state index in [-0.39, 0.29) is 18.6 Å². The lowest BCUT2D eigenvalue weighted by Crippen LogP contribution is -2.51. The molecule has 8 heteroatoms. The number of nitrogens with two attached hydrogens (primary N) is 1. The first-order valence-corrected chi connectivity index (χ1v) is 10.5. The van der Waals surface area contributed by atoms with Gasteiger partial charge in [0.2, 0.25) is 0 Å². The summed E-state index contributed by atoms with van der Waals surface area (Å²) < 4.78 is 11.2. The highest BCUT2D eigenvalue weighted by molar-refractivity contribution is 5.95. The van der Waals surface area contributed by atoms with Crippen LogP contribution in [0.4, 0.5) is 4.79 Å². The second-order valence-corrected chi connectivity index (χ2v) is 8.61. The molecular weight excluding hydrogens is 410 g/mol. The molecule has 1 saturated heterocycles. The van der Waals surface area contributed by atoms with Gasteiger partial charge in [0.05, 0.1) is 5.56 Å². The fraction of sp³-hybridized carbons (Fsp3) is 0.375. The fourth-order valence-electron chi connectivity index (χ4n) is 3.35. The van der Waals surface area contributed by atoms with Crippen molar-refractivity contribution in [1.29, 1.82) is 0 Å². The molecule has 1 heterocycles. The second kappa shape index (κ2) is 9.72. The maximum Gasteiger partial charge on any atom is 0.410 e. The van der Waals surface area contributed by atoms with Crippen LogP contribution in [-0.2, 0) is 11.3 Å². The first kappa shape index (κ1) is 23.1. The molecule has 1 aliphatic rings. The van der Waals surface area contributed by atoms with E-state index in [1.165, 1.54) is 0 Å². The lowest BCUT2D eigenvalue weighted by molar-refractivity contribution is 0.0141. The molecule has 0 unspecified atom stereocenters. The maximum atomic E-state index is 13.0. The predicted octanol–water partition coefficient (Wildman–Crippen LogP) is 3.06. The number of carbonyl (C=O) groups excluding carboxylic acids is 3. The predicted molar refractivity (Wildman–Crippen MR) is 119 cm³/mol. The average molecular weight is 440 g/mol. The van der Waals surface area contributed by atoms with Gasteiger partial charge in [0.25, 0.3) is 11.8 Å². The quantitative estimate of drug-likeness (QED) is 0.771. The topological polar surface area (TPSA) is 102 Å². The van der Waals surface area contributed by atoms with E-state index < -0.39 is 11.5 Å². The Kier molecular flexibility index (Phi) is 7.02. The molecule has 1 aliphatic heterocycles. The molecule has 170 valence electrons. The zero-order valence-electron chi connectivity index (χ0n) is 18.7. The summed E-state index contributed by atoms with van der Waals surface area (Å²) in [4.78, 5) is 40.1. The van der Waals surface area contributed by atoms with Gasteiger partial charge in [-0.15, -0.1) is 0 Å². The van der Waals surface area contributed by atoms with Crippen LogP contribution in [-0.4, -0.2) is 59.5 Å². The van der Waals surface area contributed by atoms with Crippen molar-refractivity contribution in [1.82, 2.24) is 9.80 Å². The molecule has 0 aliphatic carbocycles. The van der Waals surface area contributed by atoms with Crippen molar-refractivity contribution in [3.05, 3.63) is 65.2 Å². The summed E-state index contributed by atoms with van der Waals surface area (Å²) in [7, 11) is 0. The summed E-state index contributed by atoms with van der Waals surface area (Å²) in [5.74, 6) is -0.265. The van der Waals surface area contributed by atoms with Crippen LogP contribution in [0.15, 0.2) is 48.5 Å². The summed E-state index contributed by atoms with van der Waals surface area (Å²) in [6.45, 7) is 7.39. The minimum atomic E-state index is -0.560. The van der Waals surface area contributed by atoms with Crippen LogP contribution < -0.4 is 10.5 Å². The van der Waals surface area contributed by atoms with E-state index in [9.17, 15) is 14.4 Å². The van der Waals surface area contributed by atoms with Crippen molar-refractivity contribution < 1.29 is 23.9 Å². The number of carbonyl (C=O) groups is 3. The Morgan fingerprint density at radius 2 is 1.59 bits per heavy atom. The third kappa shape index (κ3) is 6.00. The first-order chi connectivity index (χ1) is 15.1. The van der Waals surface area contributed by atoms with Crippen molar-refractivity contribution in [3.63, 3.8) is 0 Å². The normalized spacial score (nSPS) is 14.1. The maximum absolute atomic E-state index is 13.0. The number of para-hydroxylation sites is 1. The molecule has 0 atom stereocenters. The number of rotatable bonds is 5. The van der Waals surface area contributed by atoms with Gasteiger partial charge in [0, 0.05) is 31.7 Å². The van der Waals surface area contributed by atoms with Gasteiger partial charge in [-0.3, -0.25) is 9.59 Å². The van der Waals surface area contributed by atoms with E-state index in [0.717, 1.165) is 5.56 Å². The van der Waals surface area contributed by atoms with E-state index in [1.807, 2.05) is 26.8 Å². The first-order valence-electron chi connectivity index (χ1n) is 10.5. The zero-order valence-corrected chi connectivity index (χ0v) is 18.7. The zero-order chi connectivity index (χ0) is 23.3. The Labute approximate surface area is 187 Å². The Bertz CT molecular complexity index is 991. The Morgan fingerprint density at radius 3 is 2.25 bits per heavy atom. The van der Waals surface area contributed by atoms with Gasteiger partial charge in [-0.05, 0) is 50.6 Å². The van der Waals surface area contributed by atoms with Crippen molar-refractivity contribution in [3.8, 4) is 5.75 Å². The number of primary amides is 1. The lowest BCUT2D eigenvalue weighted by Gasteiger charge is -2.35. The molecule has 32 heavy (non-hydrogen) atoms. The number of ether oxygens (including phenoxy) is 2. The monoisotopic (exact) mass is 439 g/mol. The van der Waals surface area contributed by atoms with Gasteiger partial charge in [-0.1, -0.05) is 24.3 Å². The Morgan fingerprint density at radius 1 is 0.938 bits per heavy atom. The molecule has 2 aromatic rings. The van der Waals surface area contributed by atoms with E-state index >= 15 is 0 Å². The molecule has 0 bridgehead atoms. The number of benzene rings is 2. The number of nitrogens with zero attached hydrogens (tertiary/aromatic N) is 2. The third-order valence-corrected chi connectivity index (χ3v) is 4.94. The van der Waals surface area contributed by atoms with E-state index in [2.05, 4.69) is 0 Å². The fourth-order valence-corrected chi connectivity index (χ4v) is 3.35. The van der Waals surface area contributed by atoms with Crippen LogP contribution in [0.2, 0.25) is 0 Å². The Hall–Kier alpha value is -3.55. The molecular formula is C24H29N3O5. The highest BCUT2D eigenvalue weighted by atomic mass is 16.6. The second-order valence-electron chi connectivity index (χ2n) is 8.61. The van der Waals surface area contributed by atoms with Crippen molar-refractivity contribution in [2.45, 2.75) is 33.0 Å². The highest BCUT2D eigenvalue weighted by Crippen LogP contribution is 2.20. The van der Waals surface area contributed by atoms with Gasteiger partial charge >= 0.3 is 6.09 Å². The summed E-state index contributed by atoms with van der Waals surface area (Å²) in [6.07, 6.45) is -0.361. The van der Waals surface area contributed by atoms with Crippen molar-refractivity contribution in [2.75, 3.05) is 26.2 Å².